The van der Waals surface area contributed by atoms with Gasteiger partial charge < -0.3 is 5.32 Å². The minimum atomic E-state index is -0.361. The predicted molar refractivity (Wildman–Crippen MR) is 116 cm³/mol. The Bertz CT molecular complexity index is 1100. The molecular weight excluding hydrogens is 384 g/mol. The average Bonchev–Trinajstić information content (AvgIpc) is 3.16. The van der Waals surface area contributed by atoms with Crippen LogP contribution in [0.15, 0.2) is 72.8 Å². The number of hydrogen-bond donors (Lipinski definition) is 1. The van der Waals surface area contributed by atoms with E-state index in [1.807, 2.05) is 74.5 Å². The molecule has 3 aromatic carbocycles. The summed E-state index contributed by atoms with van der Waals surface area (Å²) in [5.74, 6) is 0.305. The van der Waals surface area contributed by atoms with Crippen LogP contribution >= 0.6 is 11.6 Å². The number of carbonyl (C=O) groups excluding carboxylic acids is 1. The summed E-state index contributed by atoms with van der Waals surface area (Å²) in [6.07, 6.45) is 0. The summed E-state index contributed by atoms with van der Waals surface area (Å²) >= 11 is 6.03. The zero-order chi connectivity index (χ0) is 20.4. The lowest BCUT2D eigenvalue weighted by Gasteiger charge is -2.06. The summed E-state index contributed by atoms with van der Waals surface area (Å²) in [5, 5.41) is 8.02. The van der Waals surface area contributed by atoms with Gasteiger partial charge in [-0.2, -0.15) is 0 Å². The Hall–Kier alpha value is -3.44. The van der Waals surface area contributed by atoms with E-state index in [2.05, 4.69) is 15.4 Å². The van der Waals surface area contributed by atoms with E-state index in [-0.39, 0.29) is 11.7 Å². The second kappa shape index (κ2) is 7.89. The van der Waals surface area contributed by atoms with Crippen molar-refractivity contribution in [3.05, 3.63) is 94.8 Å². The molecule has 0 aliphatic rings. The summed E-state index contributed by atoms with van der Waals surface area (Å²) in [5.41, 5.74) is 4.48. The number of nitrogens with one attached hydrogen (secondary N) is 1. The van der Waals surface area contributed by atoms with Crippen molar-refractivity contribution in [2.45, 2.75) is 13.8 Å². The number of rotatable bonds is 4. The molecule has 0 unspecified atom stereocenters. The van der Waals surface area contributed by atoms with E-state index >= 15 is 0 Å². The summed E-state index contributed by atoms with van der Waals surface area (Å²) in [6.45, 7) is 3.96. The predicted octanol–water partition coefficient (Wildman–Crippen LogP) is 5.46. The van der Waals surface area contributed by atoms with Crippen LogP contribution in [0, 0.1) is 13.8 Å². The molecular formula is C23H19ClN4O. The number of nitrogens with zero attached hydrogens (tertiary/aromatic N) is 3. The molecule has 0 fully saturated rings. The normalized spacial score (nSPS) is 10.7. The van der Waals surface area contributed by atoms with Gasteiger partial charge in [0.15, 0.2) is 5.82 Å². The lowest BCUT2D eigenvalue weighted by atomic mass is 10.2. The van der Waals surface area contributed by atoms with Gasteiger partial charge in [-0.1, -0.05) is 47.5 Å². The fourth-order valence-electron chi connectivity index (χ4n) is 2.95. The molecule has 1 aromatic heterocycles. The lowest BCUT2D eigenvalue weighted by Crippen LogP contribution is -2.15. The Balaban J connectivity index is 1.76. The van der Waals surface area contributed by atoms with Crippen molar-refractivity contribution >= 4 is 23.2 Å². The van der Waals surface area contributed by atoms with Crippen LogP contribution in [-0.4, -0.2) is 20.7 Å². The molecule has 5 nitrogen and oxygen atoms in total. The van der Waals surface area contributed by atoms with Gasteiger partial charge >= 0.3 is 0 Å². The third kappa shape index (κ3) is 4.05. The highest BCUT2D eigenvalue weighted by Gasteiger charge is 2.19. The lowest BCUT2D eigenvalue weighted by molar-refractivity contribution is 0.101. The molecule has 29 heavy (non-hydrogen) atoms. The molecule has 0 saturated carbocycles. The number of hydrogen-bond acceptors (Lipinski definition) is 3. The largest absolute Gasteiger partial charge is 0.319 e. The third-order valence-corrected chi connectivity index (χ3v) is 4.84. The molecule has 144 valence electrons. The number of carbonyl (C=O) groups is 1. The van der Waals surface area contributed by atoms with Gasteiger partial charge in [0.1, 0.15) is 0 Å². The van der Waals surface area contributed by atoms with Gasteiger partial charge in [-0.15, -0.1) is 5.10 Å². The van der Waals surface area contributed by atoms with E-state index in [0.717, 1.165) is 28.1 Å². The van der Waals surface area contributed by atoms with Gasteiger partial charge in [0.25, 0.3) is 5.91 Å². The first-order chi connectivity index (χ1) is 14.0. The number of benzene rings is 3. The molecule has 4 rings (SSSR count). The molecule has 0 atom stereocenters. The zero-order valence-corrected chi connectivity index (χ0v) is 16.8. The summed E-state index contributed by atoms with van der Waals surface area (Å²) < 4.78 is 1.68. The van der Waals surface area contributed by atoms with Gasteiger partial charge in [0, 0.05) is 16.3 Å². The smallest absolute Gasteiger partial charge is 0.295 e. The van der Waals surface area contributed by atoms with Crippen LogP contribution in [-0.2, 0) is 0 Å². The van der Waals surface area contributed by atoms with Gasteiger partial charge in [-0.3, -0.25) is 4.79 Å². The topological polar surface area (TPSA) is 59.8 Å². The first-order valence-corrected chi connectivity index (χ1v) is 9.56. The van der Waals surface area contributed by atoms with Gasteiger partial charge in [-0.25, -0.2) is 9.67 Å². The summed E-state index contributed by atoms with van der Waals surface area (Å²) in [6, 6.07) is 22.8. The Morgan fingerprint density at radius 2 is 1.62 bits per heavy atom. The van der Waals surface area contributed by atoms with Crippen molar-refractivity contribution in [3.8, 4) is 17.1 Å². The number of aryl methyl sites for hydroxylation is 2. The maximum absolute atomic E-state index is 12.8. The Morgan fingerprint density at radius 1 is 0.931 bits per heavy atom. The maximum atomic E-state index is 12.8. The van der Waals surface area contributed by atoms with Crippen molar-refractivity contribution in [2.75, 3.05) is 5.32 Å². The Morgan fingerprint density at radius 3 is 2.31 bits per heavy atom. The van der Waals surface area contributed by atoms with Crippen LogP contribution in [0.4, 0.5) is 5.69 Å². The number of anilines is 1. The van der Waals surface area contributed by atoms with Crippen LogP contribution in [0.5, 0.6) is 0 Å². The van der Waals surface area contributed by atoms with Crippen molar-refractivity contribution in [1.29, 1.82) is 0 Å². The average molecular weight is 403 g/mol. The highest BCUT2D eigenvalue weighted by atomic mass is 35.5. The highest BCUT2D eigenvalue weighted by molar-refractivity contribution is 6.30. The molecule has 1 heterocycles. The first kappa shape index (κ1) is 18.9. The minimum Gasteiger partial charge on any atom is -0.319 e. The van der Waals surface area contributed by atoms with E-state index in [1.54, 1.807) is 16.8 Å². The molecule has 6 heteroatoms. The molecule has 0 bridgehead atoms. The van der Waals surface area contributed by atoms with Crippen molar-refractivity contribution in [2.24, 2.45) is 0 Å². The Kier molecular flexibility index (Phi) is 5.14. The first-order valence-electron chi connectivity index (χ1n) is 9.18. The number of aromatic nitrogens is 3. The fourth-order valence-corrected chi connectivity index (χ4v) is 3.08. The molecule has 0 radical (unpaired) electrons. The van der Waals surface area contributed by atoms with Gasteiger partial charge in [-0.05, 0) is 61.9 Å². The van der Waals surface area contributed by atoms with Crippen LogP contribution in [0.1, 0.15) is 21.7 Å². The fraction of sp³-hybridized carbons (Fsp3) is 0.0870. The second-order valence-corrected chi connectivity index (χ2v) is 7.22. The van der Waals surface area contributed by atoms with E-state index in [1.165, 1.54) is 0 Å². The van der Waals surface area contributed by atoms with Crippen molar-refractivity contribution in [1.82, 2.24) is 14.8 Å². The third-order valence-electron chi connectivity index (χ3n) is 4.58. The standard InChI is InChI=1S/C23H19ClN4O/c1-15-7-13-19(14-8-15)28-22(17-9-11-18(24)12-10-17)26-21(27-28)23(29)25-20-6-4-3-5-16(20)2/h3-14H,1-2H3,(H,25,29). The number of amides is 1. The molecule has 4 aromatic rings. The summed E-state index contributed by atoms with van der Waals surface area (Å²) in [7, 11) is 0. The maximum Gasteiger partial charge on any atom is 0.295 e. The quantitative estimate of drug-likeness (QED) is 0.493. The van der Waals surface area contributed by atoms with Crippen molar-refractivity contribution < 1.29 is 4.79 Å². The van der Waals surface area contributed by atoms with Gasteiger partial charge in [0.2, 0.25) is 5.82 Å². The van der Waals surface area contributed by atoms with E-state index in [4.69, 9.17) is 11.6 Å². The van der Waals surface area contributed by atoms with Crippen LogP contribution in [0.3, 0.4) is 0 Å². The van der Waals surface area contributed by atoms with Gasteiger partial charge in [0.05, 0.1) is 5.69 Å². The highest BCUT2D eigenvalue weighted by Crippen LogP contribution is 2.24. The molecule has 0 spiro atoms. The van der Waals surface area contributed by atoms with Crippen LogP contribution in [0.2, 0.25) is 5.02 Å². The molecule has 1 amide bonds. The second-order valence-electron chi connectivity index (χ2n) is 6.78. The minimum absolute atomic E-state index is 0.0961. The Labute approximate surface area is 174 Å². The van der Waals surface area contributed by atoms with E-state index in [9.17, 15) is 4.79 Å². The molecule has 0 aliphatic carbocycles. The molecule has 0 aliphatic heterocycles. The van der Waals surface area contributed by atoms with Crippen LogP contribution in [0.25, 0.3) is 17.1 Å². The zero-order valence-electron chi connectivity index (χ0n) is 16.1. The van der Waals surface area contributed by atoms with Crippen LogP contribution < -0.4 is 5.32 Å². The van der Waals surface area contributed by atoms with E-state index < -0.39 is 0 Å². The molecule has 0 saturated heterocycles. The number of para-hydroxylation sites is 1. The monoisotopic (exact) mass is 402 g/mol. The summed E-state index contributed by atoms with van der Waals surface area (Å²) in [4.78, 5) is 17.4. The number of halogens is 1. The molecule has 1 N–H and O–H groups in total. The SMILES string of the molecule is Cc1ccc(-n2nc(C(=O)Nc3ccccc3C)nc2-c2ccc(Cl)cc2)cc1. The van der Waals surface area contributed by atoms with Crippen molar-refractivity contribution in [3.63, 3.8) is 0 Å². The van der Waals surface area contributed by atoms with E-state index in [0.29, 0.717) is 10.8 Å².